The molecule has 0 spiro atoms. The molecule has 1 amide bonds. The number of ether oxygens (including phenoxy) is 1. The molecule has 0 aliphatic heterocycles. The Balaban J connectivity index is 1.51. The van der Waals surface area contributed by atoms with E-state index >= 15 is 0 Å². The largest absolute Gasteiger partial charge is 0.479 e. The molecule has 4 rings (SSSR count). The highest BCUT2D eigenvalue weighted by molar-refractivity contribution is 5.82. The third kappa shape index (κ3) is 3.91. The molecule has 0 radical (unpaired) electrons. The second-order valence-electron chi connectivity index (χ2n) is 8.03. The average Bonchev–Trinajstić information content (AvgIpc) is 3.07. The third-order valence-electron chi connectivity index (χ3n) is 6.05. The minimum Gasteiger partial charge on any atom is -0.479 e. The minimum atomic E-state index is -1.17. The van der Waals surface area contributed by atoms with E-state index < -0.39 is 18.1 Å². The fourth-order valence-electron chi connectivity index (χ4n) is 4.32. The topological polar surface area (TPSA) is 75.6 Å². The predicted molar refractivity (Wildman–Crippen MR) is 119 cm³/mol. The van der Waals surface area contributed by atoms with Crippen LogP contribution in [0.2, 0.25) is 0 Å². The maximum Gasteiger partial charge on any atom is 0.408 e. The van der Waals surface area contributed by atoms with Crippen molar-refractivity contribution in [2.45, 2.75) is 32.7 Å². The van der Waals surface area contributed by atoms with Crippen LogP contribution in [-0.4, -0.2) is 23.8 Å². The van der Waals surface area contributed by atoms with Crippen LogP contribution in [0.4, 0.5) is 4.79 Å². The van der Waals surface area contributed by atoms with Crippen molar-refractivity contribution in [3.05, 3.63) is 94.0 Å². The van der Waals surface area contributed by atoms with Crippen molar-refractivity contribution in [3.8, 4) is 11.1 Å². The van der Waals surface area contributed by atoms with Gasteiger partial charge in [-0.15, -0.1) is 0 Å². The molecule has 5 nitrogen and oxygen atoms in total. The van der Waals surface area contributed by atoms with Gasteiger partial charge in [0.25, 0.3) is 0 Å². The molecule has 0 fully saturated rings. The van der Waals surface area contributed by atoms with Crippen molar-refractivity contribution in [3.63, 3.8) is 0 Å². The van der Waals surface area contributed by atoms with Crippen molar-refractivity contribution < 1.29 is 19.4 Å². The summed E-state index contributed by atoms with van der Waals surface area (Å²) >= 11 is 0. The summed E-state index contributed by atoms with van der Waals surface area (Å²) < 4.78 is 5.52. The number of carbonyl (C=O) groups is 2. The van der Waals surface area contributed by atoms with Gasteiger partial charge in [0.05, 0.1) is 0 Å². The van der Waals surface area contributed by atoms with E-state index in [1.54, 1.807) is 0 Å². The molecule has 1 atom stereocenters. The molecule has 1 aliphatic carbocycles. The maximum atomic E-state index is 12.6. The first-order valence-electron chi connectivity index (χ1n) is 10.3. The van der Waals surface area contributed by atoms with E-state index in [-0.39, 0.29) is 12.5 Å². The summed E-state index contributed by atoms with van der Waals surface area (Å²) in [5.41, 5.74) is 7.92. The molecule has 0 saturated heterocycles. The van der Waals surface area contributed by atoms with Gasteiger partial charge >= 0.3 is 12.1 Å². The van der Waals surface area contributed by atoms with Gasteiger partial charge in [-0.3, -0.25) is 0 Å². The van der Waals surface area contributed by atoms with Crippen molar-refractivity contribution in [1.29, 1.82) is 0 Å². The Labute approximate surface area is 181 Å². The number of amides is 1. The normalized spacial score (nSPS) is 13.3. The Morgan fingerprint density at radius 3 is 2.03 bits per heavy atom. The van der Waals surface area contributed by atoms with Crippen LogP contribution in [0.25, 0.3) is 11.1 Å². The molecule has 0 aromatic heterocycles. The van der Waals surface area contributed by atoms with Crippen LogP contribution in [0.15, 0.2) is 60.7 Å². The Morgan fingerprint density at radius 1 is 0.903 bits per heavy atom. The molecule has 0 saturated carbocycles. The fraction of sp³-hybridized carbons (Fsp3) is 0.231. The fourth-order valence-corrected chi connectivity index (χ4v) is 4.32. The van der Waals surface area contributed by atoms with Gasteiger partial charge in [0.15, 0.2) is 6.04 Å². The highest BCUT2D eigenvalue weighted by Crippen LogP contribution is 2.44. The second-order valence-corrected chi connectivity index (χ2v) is 8.03. The van der Waals surface area contributed by atoms with Gasteiger partial charge in [-0.05, 0) is 65.3 Å². The van der Waals surface area contributed by atoms with Gasteiger partial charge in [-0.2, -0.15) is 0 Å². The van der Waals surface area contributed by atoms with Crippen LogP contribution in [0.3, 0.4) is 0 Å². The Bertz CT molecular complexity index is 1120. The average molecular weight is 415 g/mol. The van der Waals surface area contributed by atoms with Crippen molar-refractivity contribution in [1.82, 2.24) is 5.32 Å². The number of hydrogen-bond acceptors (Lipinski definition) is 3. The minimum absolute atomic E-state index is 0.0789. The molecule has 0 bridgehead atoms. The zero-order chi connectivity index (χ0) is 22.1. The van der Waals surface area contributed by atoms with Gasteiger partial charge in [-0.1, -0.05) is 60.7 Å². The van der Waals surface area contributed by atoms with Crippen LogP contribution >= 0.6 is 0 Å². The molecular formula is C26H25NO4. The highest BCUT2D eigenvalue weighted by atomic mass is 16.5. The number of nitrogens with one attached hydrogen (secondary N) is 1. The van der Waals surface area contributed by atoms with E-state index in [2.05, 4.69) is 17.4 Å². The standard InChI is InChI=1S/C26H25NO4/c1-15-12-17(3)22(13-16(15)2)24(25(28)29)27-26(30)31-14-23-20-10-6-4-8-18(20)19-9-5-7-11-21(19)23/h4-13,23-24H,14H2,1-3H3,(H,27,30)(H,28,29). The quantitative estimate of drug-likeness (QED) is 0.595. The first-order chi connectivity index (χ1) is 14.9. The van der Waals surface area contributed by atoms with Gasteiger partial charge in [0.2, 0.25) is 0 Å². The number of carbonyl (C=O) groups excluding carboxylic acids is 1. The van der Waals surface area contributed by atoms with Crippen LogP contribution in [0.1, 0.15) is 45.3 Å². The van der Waals surface area contributed by atoms with Gasteiger partial charge < -0.3 is 15.2 Å². The molecule has 1 aliphatic rings. The monoisotopic (exact) mass is 415 g/mol. The first kappa shape index (κ1) is 20.7. The smallest absolute Gasteiger partial charge is 0.408 e. The molecular weight excluding hydrogens is 390 g/mol. The van der Waals surface area contributed by atoms with Crippen molar-refractivity contribution in [2.75, 3.05) is 6.61 Å². The highest BCUT2D eigenvalue weighted by Gasteiger charge is 2.30. The SMILES string of the molecule is Cc1cc(C)c(C(NC(=O)OCC2c3ccccc3-c3ccccc32)C(=O)O)cc1C. The van der Waals surface area contributed by atoms with Crippen molar-refractivity contribution >= 4 is 12.1 Å². The summed E-state index contributed by atoms with van der Waals surface area (Å²) in [5.74, 6) is -1.20. The number of hydrogen-bond donors (Lipinski definition) is 2. The molecule has 31 heavy (non-hydrogen) atoms. The zero-order valence-electron chi connectivity index (χ0n) is 17.8. The Kier molecular flexibility index (Phi) is 5.51. The van der Waals surface area contributed by atoms with E-state index in [1.165, 1.54) is 0 Å². The van der Waals surface area contributed by atoms with Crippen LogP contribution in [-0.2, 0) is 9.53 Å². The number of alkyl carbamates (subject to hydrolysis) is 1. The number of carboxylic acid groups (broad SMARTS) is 1. The van der Waals surface area contributed by atoms with E-state index in [4.69, 9.17) is 4.74 Å². The first-order valence-corrected chi connectivity index (χ1v) is 10.3. The molecule has 0 heterocycles. The lowest BCUT2D eigenvalue weighted by Crippen LogP contribution is -2.35. The number of fused-ring (bicyclic) bond motifs is 3. The lowest BCUT2D eigenvalue weighted by Gasteiger charge is -2.20. The Hall–Kier alpha value is -3.60. The molecule has 3 aromatic rings. The second kappa shape index (κ2) is 8.26. The number of rotatable bonds is 5. The molecule has 5 heteroatoms. The summed E-state index contributed by atoms with van der Waals surface area (Å²) in [6.07, 6.45) is -0.744. The van der Waals surface area contributed by atoms with E-state index in [0.717, 1.165) is 38.9 Å². The summed E-state index contributed by atoms with van der Waals surface area (Å²) in [5, 5.41) is 12.3. The van der Waals surface area contributed by atoms with Gasteiger partial charge in [0, 0.05) is 5.92 Å². The number of aryl methyl sites for hydroxylation is 3. The Morgan fingerprint density at radius 2 is 1.45 bits per heavy atom. The summed E-state index contributed by atoms with van der Waals surface area (Å²) in [6.45, 7) is 5.88. The molecule has 158 valence electrons. The van der Waals surface area contributed by atoms with Gasteiger partial charge in [-0.25, -0.2) is 9.59 Å². The van der Waals surface area contributed by atoms with Gasteiger partial charge in [0.1, 0.15) is 6.61 Å². The summed E-state index contributed by atoms with van der Waals surface area (Å²) in [4.78, 5) is 24.5. The molecule has 3 aromatic carbocycles. The number of benzene rings is 3. The predicted octanol–water partition coefficient (Wildman–Crippen LogP) is 5.28. The van der Waals surface area contributed by atoms with Crippen molar-refractivity contribution in [2.24, 2.45) is 0 Å². The maximum absolute atomic E-state index is 12.6. The van der Waals surface area contributed by atoms with E-state index in [0.29, 0.717) is 5.56 Å². The lowest BCUT2D eigenvalue weighted by atomic mass is 9.96. The lowest BCUT2D eigenvalue weighted by molar-refractivity contribution is -0.139. The number of aliphatic carboxylic acids is 1. The number of carboxylic acids is 1. The third-order valence-corrected chi connectivity index (χ3v) is 6.05. The summed E-state index contributed by atoms with van der Waals surface area (Å²) in [7, 11) is 0. The van der Waals surface area contributed by atoms with E-state index in [1.807, 2.05) is 69.3 Å². The molecule has 1 unspecified atom stereocenters. The van der Waals surface area contributed by atoms with Crippen LogP contribution < -0.4 is 5.32 Å². The van der Waals surface area contributed by atoms with Crippen LogP contribution in [0, 0.1) is 20.8 Å². The van der Waals surface area contributed by atoms with Crippen LogP contribution in [0.5, 0.6) is 0 Å². The molecule has 2 N–H and O–H groups in total. The zero-order valence-corrected chi connectivity index (χ0v) is 17.8. The van der Waals surface area contributed by atoms with E-state index in [9.17, 15) is 14.7 Å². The summed E-state index contributed by atoms with van der Waals surface area (Å²) in [6, 6.07) is 18.7.